The first-order chi connectivity index (χ1) is 5.81. The molecule has 2 nitrogen and oxygen atoms in total. The van der Waals surface area contributed by atoms with Gasteiger partial charge >= 0.3 is 0 Å². The van der Waals surface area contributed by atoms with Crippen LogP contribution < -0.4 is 0 Å². The summed E-state index contributed by atoms with van der Waals surface area (Å²) in [7, 11) is 0. The maximum absolute atomic E-state index is 5.69. The first-order valence-electron chi connectivity index (χ1n) is 3.87. The van der Waals surface area contributed by atoms with Crippen molar-refractivity contribution >= 4 is 23.4 Å². The fraction of sp³-hybridized carbons (Fsp3) is 0.500. The van der Waals surface area contributed by atoms with E-state index in [9.17, 15) is 0 Å². The molecular formula is C8H9ClN2S. The van der Waals surface area contributed by atoms with Crippen LogP contribution in [0.25, 0.3) is 0 Å². The average molecular weight is 201 g/mol. The van der Waals surface area contributed by atoms with Gasteiger partial charge in [-0.1, -0.05) is 0 Å². The fourth-order valence-corrected chi connectivity index (χ4v) is 2.01. The SMILES string of the molecule is CSc1nc(Cl)ncc1C1CC1. The van der Waals surface area contributed by atoms with Gasteiger partial charge in [0.1, 0.15) is 5.03 Å². The van der Waals surface area contributed by atoms with Gasteiger partial charge in [0.05, 0.1) is 0 Å². The van der Waals surface area contributed by atoms with Crippen LogP contribution in [0.2, 0.25) is 5.28 Å². The predicted octanol–water partition coefficient (Wildman–Crippen LogP) is 2.73. The summed E-state index contributed by atoms with van der Waals surface area (Å²) in [4.78, 5) is 8.16. The normalized spacial score (nSPS) is 16.5. The van der Waals surface area contributed by atoms with E-state index in [0.29, 0.717) is 11.2 Å². The van der Waals surface area contributed by atoms with Crippen LogP contribution in [0.15, 0.2) is 11.2 Å². The van der Waals surface area contributed by atoms with E-state index in [1.165, 1.54) is 18.4 Å². The highest BCUT2D eigenvalue weighted by Crippen LogP contribution is 2.42. The number of aromatic nitrogens is 2. The van der Waals surface area contributed by atoms with Crippen LogP contribution in [0.5, 0.6) is 0 Å². The Labute approximate surface area is 80.8 Å². The third-order valence-electron chi connectivity index (χ3n) is 1.96. The molecule has 0 atom stereocenters. The third-order valence-corrected chi connectivity index (χ3v) is 2.86. The third kappa shape index (κ3) is 1.57. The van der Waals surface area contributed by atoms with Crippen molar-refractivity contribution in [2.75, 3.05) is 6.26 Å². The monoisotopic (exact) mass is 200 g/mol. The first kappa shape index (κ1) is 8.32. The molecule has 4 heteroatoms. The van der Waals surface area contributed by atoms with Crippen molar-refractivity contribution in [3.63, 3.8) is 0 Å². The Kier molecular flexibility index (Phi) is 2.24. The van der Waals surface area contributed by atoms with Gasteiger partial charge in [0.15, 0.2) is 0 Å². The molecule has 1 heterocycles. The van der Waals surface area contributed by atoms with Gasteiger partial charge < -0.3 is 0 Å². The van der Waals surface area contributed by atoms with Crippen LogP contribution in [0.1, 0.15) is 24.3 Å². The second kappa shape index (κ2) is 3.23. The van der Waals surface area contributed by atoms with E-state index in [-0.39, 0.29) is 0 Å². The molecule has 1 aromatic heterocycles. The molecule has 0 unspecified atom stereocenters. The van der Waals surface area contributed by atoms with Crippen molar-refractivity contribution in [3.8, 4) is 0 Å². The minimum absolute atomic E-state index is 0.351. The van der Waals surface area contributed by atoms with Crippen molar-refractivity contribution in [1.29, 1.82) is 0 Å². The second-order valence-corrected chi connectivity index (χ2v) is 4.01. The van der Waals surface area contributed by atoms with E-state index < -0.39 is 0 Å². The molecule has 1 aromatic rings. The van der Waals surface area contributed by atoms with Crippen LogP contribution in [-0.4, -0.2) is 16.2 Å². The van der Waals surface area contributed by atoms with Crippen LogP contribution in [-0.2, 0) is 0 Å². The standard InChI is InChI=1S/C8H9ClN2S/c1-12-7-6(5-2-3-5)4-10-8(9)11-7/h4-5H,2-3H2,1H3. The van der Waals surface area contributed by atoms with Gasteiger partial charge in [0, 0.05) is 11.8 Å². The van der Waals surface area contributed by atoms with Crippen LogP contribution >= 0.6 is 23.4 Å². The highest BCUT2D eigenvalue weighted by atomic mass is 35.5. The van der Waals surface area contributed by atoms with E-state index in [0.717, 1.165) is 5.03 Å². The summed E-state index contributed by atoms with van der Waals surface area (Å²) in [6.07, 6.45) is 6.43. The fourth-order valence-electron chi connectivity index (χ4n) is 1.19. The Morgan fingerprint density at radius 3 is 2.92 bits per heavy atom. The number of rotatable bonds is 2. The molecule has 0 saturated heterocycles. The summed E-state index contributed by atoms with van der Waals surface area (Å²) in [5.41, 5.74) is 1.27. The Hall–Kier alpha value is -0.280. The molecule has 0 N–H and O–H groups in total. The van der Waals surface area contributed by atoms with Crippen LogP contribution in [0.4, 0.5) is 0 Å². The van der Waals surface area contributed by atoms with Gasteiger partial charge in [-0.15, -0.1) is 11.8 Å². The van der Waals surface area contributed by atoms with Crippen molar-refractivity contribution in [2.24, 2.45) is 0 Å². The Balaban J connectivity index is 2.38. The average Bonchev–Trinajstić information content (AvgIpc) is 2.87. The van der Waals surface area contributed by atoms with Crippen molar-refractivity contribution in [1.82, 2.24) is 9.97 Å². The van der Waals surface area contributed by atoms with Gasteiger partial charge in [0.2, 0.25) is 5.28 Å². The van der Waals surface area contributed by atoms with Crippen LogP contribution in [0.3, 0.4) is 0 Å². The number of hydrogen-bond acceptors (Lipinski definition) is 3. The van der Waals surface area contributed by atoms with Gasteiger partial charge in [-0.05, 0) is 36.6 Å². The van der Waals surface area contributed by atoms with Crippen molar-refractivity contribution in [3.05, 3.63) is 17.0 Å². The predicted molar refractivity (Wildman–Crippen MR) is 50.8 cm³/mol. The summed E-state index contributed by atoms with van der Waals surface area (Å²) < 4.78 is 0. The molecule has 0 radical (unpaired) electrons. The Morgan fingerprint density at radius 2 is 2.33 bits per heavy atom. The maximum Gasteiger partial charge on any atom is 0.223 e. The number of nitrogens with zero attached hydrogens (tertiary/aromatic N) is 2. The molecule has 0 aliphatic heterocycles. The lowest BCUT2D eigenvalue weighted by Crippen LogP contribution is -1.91. The lowest BCUT2D eigenvalue weighted by atomic mass is 10.2. The second-order valence-electron chi connectivity index (χ2n) is 2.88. The highest BCUT2D eigenvalue weighted by molar-refractivity contribution is 7.98. The summed E-state index contributed by atoms with van der Waals surface area (Å²) in [6.45, 7) is 0. The van der Waals surface area contributed by atoms with E-state index >= 15 is 0 Å². The number of hydrogen-bond donors (Lipinski definition) is 0. The number of halogens is 1. The molecule has 1 aliphatic rings. The first-order valence-corrected chi connectivity index (χ1v) is 5.48. The quantitative estimate of drug-likeness (QED) is 0.417. The van der Waals surface area contributed by atoms with E-state index in [1.807, 2.05) is 12.5 Å². The summed E-state index contributed by atoms with van der Waals surface area (Å²) in [6, 6.07) is 0. The van der Waals surface area contributed by atoms with E-state index in [4.69, 9.17) is 11.6 Å². The Bertz CT molecular complexity index is 299. The summed E-state index contributed by atoms with van der Waals surface area (Å²) in [5, 5.41) is 1.39. The molecule has 1 fully saturated rings. The molecule has 0 spiro atoms. The smallest absolute Gasteiger partial charge is 0.223 e. The molecule has 0 bridgehead atoms. The number of thioether (sulfide) groups is 1. The van der Waals surface area contributed by atoms with Gasteiger partial charge in [-0.25, -0.2) is 9.97 Å². The zero-order chi connectivity index (χ0) is 8.55. The van der Waals surface area contributed by atoms with Gasteiger partial charge in [-0.3, -0.25) is 0 Å². The lowest BCUT2D eigenvalue weighted by molar-refractivity contribution is 0.938. The topological polar surface area (TPSA) is 25.8 Å². The molecule has 1 saturated carbocycles. The zero-order valence-electron chi connectivity index (χ0n) is 6.75. The van der Waals surface area contributed by atoms with Crippen LogP contribution in [0, 0.1) is 0 Å². The van der Waals surface area contributed by atoms with Gasteiger partial charge in [0.25, 0.3) is 0 Å². The van der Waals surface area contributed by atoms with E-state index in [1.54, 1.807) is 11.8 Å². The largest absolute Gasteiger partial charge is 0.226 e. The highest BCUT2D eigenvalue weighted by Gasteiger charge is 2.27. The molecule has 0 amide bonds. The Morgan fingerprint density at radius 1 is 1.58 bits per heavy atom. The van der Waals surface area contributed by atoms with Crippen molar-refractivity contribution < 1.29 is 0 Å². The van der Waals surface area contributed by atoms with Crippen molar-refractivity contribution in [2.45, 2.75) is 23.8 Å². The molecular weight excluding hydrogens is 192 g/mol. The molecule has 2 rings (SSSR count). The molecule has 0 aromatic carbocycles. The maximum atomic E-state index is 5.69. The van der Waals surface area contributed by atoms with E-state index in [2.05, 4.69) is 9.97 Å². The summed E-state index contributed by atoms with van der Waals surface area (Å²) in [5.74, 6) is 0.699. The van der Waals surface area contributed by atoms with Gasteiger partial charge in [-0.2, -0.15) is 0 Å². The molecule has 12 heavy (non-hydrogen) atoms. The molecule has 64 valence electrons. The minimum atomic E-state index is 0.351. The lowest BCUT2D eigenvalue weighted by Gasteiger charge is -2.03. The summed E-state index contributed by atoms with van der Waals surface area (Å²) >= 11 is 7.33. The zero-order valence-corrected chi connectivity index (χ0v) is 8.32. The minimum Gasteiger partial charge on any atom is -0.226 e. The molecule has 1 aliphatic carbocycles.